The molecule has 0 aliphatic carbocycles. The molecule has 0 bridgehead atoms. The van der Waals surface area contributed by atoms with Gasteiger partial charge in [-0.3, -0.25) is 9.89 Å². The van der Waals surface area contributed by atoms with Gasteiger partial charge in [0.1, 0.15) is 11.9 Å². The second-order valence-electron chi connectivity index (χ2n) is 7.64. The van der Waals surface area contributed by atoms with Crippen molar-refractivity contribution in [1.82, 2.24) is 20.2 Å². The molecule has 9 heteroatoms. The molecule has 5 rings (SSSR count). The van der Waals surface area contributed by atoms with Crippen LogP contribution in [0, 0.1) is 11.8 Å². The first-order valence-electron chi connectivity index (χ1n) is 10.3. The van der Waals surface area contributed by atoms with E-state index in [1.807, 2.05) is 6.07 Å². The molecule has 0 saturated heterocycles. The second-order valence-corrected chi connectivity index (χ2v) is 8.46. The Kier molecular flexibility index (Phi) is 5.72. The van der Waals surface area contributed by atoms with Crippen LogP contribution in [0.15, 0.2) is 59.7 Å². The molecule has 4 N–H and O–H groups in total. The number of nitrogens with one attached hydrogen (secondary N) is 3. The number of aliphatic hydroxyl groups excluding tert-OH is 1. The van der Waals surface area contributed by atoms with Crippen LogP contribution in [0.5, 0.6) is 0 Å². The molecule has 0 amide bonds. The summed E-state index contributed by atoms with van der Waals surface area (Å²) in [5.74, 6) is 6.06. The second kappa shape index (κ2) is 8.84. The third-order valence-electron chi connectivity index (χ3n) is 5.24. The molecule has 0 aliphatic rings. The van der Waals surface area contributed by atoms with Gasteiger partial charge in [-0.05, 0) is 49.4 Å². The number of anilines is 2. The molecular formula is C25H17Cl2N5O2. The van der Waals surface area contributed by atoms with Crippen molar-refractivity contribution in [2.24, 2.45) is 0 Å². The maximum atomic E-state index is 12.8. The number of hydrogen-bond donors (Lipinski definition) is 4. The molecule has 168 valence electrons. The van der Waals surface area contributed by atoms with E-state index in [9.17, 15) is 9.90 Å². The van der Waals surface area contributed by atoms with Gasteiger partial charge in [0.25, 0.3) is 5.56 Å². The van der Waals surface area contributed by atoms with E-state index in [4.69, 9.17) is 28.2 Å². The van der Waals surface area contributed by atoms with Crippen molar-refractivity contribution in [2.75, 3.05) is 5.32 Å². The van der Waals surface area contributed by atoms with E-state index in [1.165, 1.54) is 0 Å². The summed E-state index contributed by atoms with van der Waals surface area (Å²) in [5, 5.41) is 22.0. The lowest BCUT2D eigenvalue weighted by molar-refractivity contribution is 0.253. The van der Waals surface area contributed by atoms with Gasteiger partial charge >= 0.3 is 0 Å². The van der Waals surface area contributed by atoms with E-state index in [-0.39, 0.29) is 5.56 Å². The lowest BCUT2D eigenvalue weighted by atomic mass is 10.0. The number of hydrogen-bond acceptors (Lipinski definition) is 5. The molecule has 0 saturated carbocycles. The number of benzene rings is 2. The van der Waals surface area contributed by atoms with E-state index in [2.05, 4.69) is 32.3 Å². The van der Waals surface area contributed by atoms with E-state index in [0.717, 1.165) is 11.3 Å². The average Bonchev–Trinajstić information content (AvgIpc) is 3.35. The fourth-order valence-electron chi connectivity index (χ4n) is 3.70. The van der Waals surface area contributed by atoms with Crippen molar-refractivity contribution >= 4 is 56.4 Å². The van der Waals surface area contributed by atoms with Gasteiger partial charge in [-0.1, -0.05) is 35.0 Å². The fraction of sp³-hybridized carbons (Fsp3) is 0.0800. The Morgan fingerprint density at radius 2 is 1.88 bits per heavy atom. The Balaban J connectivity index is 1.66. The van der Waals surface area contributed by atoms with Crippen molar-refractivity contribution in [2.45, 2.75) is 13.0 Å². The molecular weight excluding hydrogens is 473 g/mol. The fourth-order valence-corrected chi connectivity index (χ4v) is 4.28. The third-order valence-corrected chi connectivity index (χ3v) is 5.83. The Morgan fingerprint density at radius 3 is 2.59 bits per heavy atom. The van der Waals surface area contributed by atoms with Crippen LogP contribution in [0.1, 0.15) is 12.5 Å². The molecule has 5 aromatic rings. The van der Waals surface area contributed by atoms with Gasteiger partial charge in [0.05, 0.1) is 32.3 Å². The molecule has 0 radical (unpaired) electrons. The maximum Gasteiger partial charge on any atom is 0.256 e. The van der Waals surface area contributed by atoms with Crippen molar-refractivity contribution < 1.29 is 5.11 Å². The highest BCUT2D eigenvalue weighted by Gasteiger charge is 2.16. The minimum absolute atomic E-state index is 0.264. The third kappa shape index (κ3) is 4.11. The zero-order chi connectivity index (χ0) is 23.8. The first-order valence-corrected chi connectivity index (χ1v) is 11.1. The van der Waals surface area contributed by atoms with Crippen LogP contribution in [0.25, 0.3) is 32.9 Å². The molecule has 0 unspecified atom stereocenters. The van der Waals surface area contributed by atoms with E-state index in [1.54, 1.807) is 55.7 Å². The molecule has 0 spiro atoms. The van der Waals surface area contributed by atoms with Crippen molar-refractivity contribution in [3.8, 4) is 23.1 Å². The van der Waals surface area contributed by atoms with Crippen LogP contribution >= 0.6 is 23.2 Å². The number of rotatable bonds is 3. The molecule has 34 heavy (non-hydrogen) atoms. The highest BCUT2D eigenvalue weighted by Crippen LogP contribution is 2.38. The SMILES string of the molecule is C[C@@H](O)C#Cc1ccc2nc(Nc3c(Cl)cc(-c4ccn[nH]4)cc3Cl)c3cc[nH]c(=O)c3c2c1. The van der Waals surface area contributed by atoms with Crippen LogP contribution in [0.4, 0.5) is 11.5 Å². The highest BCUT2D eigenvalue weighted by atomic mass is 35.5. The molecule has 7 nitrogen and oxygen atoms in total. The molecule has 3 heterocycles. The summed E-state index contributed by atoms with van der Waals surface area (Å²) in [4.78, 5) is 20.3. The largest absolute Gasteiger partial charge is 0.381 e. The smallest absolute Gasteiger partial charge is 0.256 e. The van der Waals surface area contributed by atoms with Crippen LogP contribution in [-0.2, 0) is 0 Å². The van der Waals surface area contributed by atoms with Crippen LogP contribution in [-0.4, -0.2) is 31.4 Å². The van der Waals surface area contributed by atoms with Crippen LogP contribution in [0.3, 0.4) is 0 Å². The van der Waals surface area contributed by atoms with Gasteiger partial charge in [-0.2, -0.15) is 5.10 Å². The van der Waals surface area contributed by atoms with E-state index >= 15 is 0 Å². The molecule has 1 atom stereocenters. The standard InChI is InChI=1S/C25H17Cl2N5O2/c1-13(33)2-3-14-4-5-21-17(10-14)22-16(6-8-28-25(22)34)24(30-21)31-23-18(26)11-15(12-19(23)27)20-7-9-29-32-20/h4-13,33H,1H3,(H,28,34)(H,29,32)(H,30,31)/t13-/m1/s1. The number of aliphatic hydroxyl groups is 1. The summed E-state index contributed by atoms with van der Waals surface area (Å²) in [7, 11) is 0. The number of aromatic nitrogens is 4. The number of aromatic amines is 2. The highest BCUT2D eigenvalue weighted by molar-refractivity contribution is 6.39. The predicted octanol–water partition coefficient (Wildman–Crippen LogP) is 5.25. The number of fused-ring (bicyclic) bond motifs is 3. The maximum absolute atomic E-state index is 12.8. The minimum Gasteiger partial charge on any atom is -0.381 e. The van der Waals surface area contributed by atoms with Gasteiger partial charge in [0, 0.05) is 34.3 Å². The van der Waals surface area contributed by atoms with Crippen molar-refractivity contribution in [3.05, 3.63) is 80.8 Å². The van der Waals surface area contributed by atoms with Crippen molar-refractivity contribution in [3.63, 3.8) is 0 Å². The lowest BCUT2D eigenvalue weighted by Crippen LogP contribution is -2.08. The summed E-state index contributed by atoms with van der Waals surface area (Å²) < 4.78 is 0. The van der Waals surface area contributed by atoms with Gasteiger partial charge in [0.15, 0.2) is 0 Å². The Morgan fingerprint density at radius 1 is 1.09 bits per heavy atom. The summed E-state index contributed by atoms with van der Waals surface area (Å²) in [6.45, 7) is 1.59. The van der Waals surface area contributed by atoms with Gasteiger partial charge in [-0.25, -0.2) is 4.98 Å². The number of nitrogens with zero attached hydrogens (tertiary/aromatic N) is 2. The van der Waals surface area contributed by atoms with Crippen LogP contribution in [0.2, 0.25) is 10.0 Å². The number of H-pyrrole nitrogens is 2. The molecule has 2 aromatic carbocycles. The average molecular weight is 490 g/mol. The minimum atomic E-state index is -0.755. The topological polar surface area (TPSA) is 107 Å². The van der Waals surface area contributed by atoms with Crippen molar-refractivity contribution in [1.29, 1.82) is 0 Å². The number of pyridine rings is 2. The summed E-state index contributed by atoms with van der Waals surface area (Å²) in [5.41, 5.74) is 3.04. The number of halogens is 2. The molecule has 0 fully saturated rings. The van der Waals surface area contributed by atoms with E-state index < -0.39 is 6.10 Å². The summed E-state index contributed by atoms with van der Waals surface area (Å²) in [6.07, 6.45) is 2.45. The van der Waals surface area contributed by atoms with Gasteiger partial charge in [0.2, 0.25) is 0 Å². The monoisotopic (exact) mass is 489 g/mol. The van der Waals surface area contributed by atoms with E-state index in [0.29, 0.717) is 48.8 Å². The molecule has 0 aliphatic heterocycles. The lowest BCUT2D eigenvalue weighted by Gasteiger charge is -2.14. The Labute approximate surface area is 203 Å². The Hall–Kier alpha value is -3.83. The summed E-state index contributed by atoms with van der Waals surface area (Å²) in [6, 6.07) is 12.5. The van der Waals surface area contributed by atoms with Gasteiger partial charge < -0.3 is 15.4 Å². The van der Waals surface area contributed by atoms with Gasteiger partial charge in [-0.15, -0.1) is 0 Å². The van der Waals surface area contributed by atoms with Crippen LogP contribution < -0.4 is 10.9 Å². The quantitative estimate of drug-likeness (QED) is 0.204. The summed E-state index contributed by atoms with van der Waals surface area (Å²) >= 11 is 13.1. The Bertz CT molecular complexity index is 1640. The first-order chi connectivity index (χ1) is 16.4. The zero-order valence-corrected chi connectivity index (χ0v) is 19.3. The predicted molar refractivity (Wildman–Crippen MR) is 136 cm³/mol. The first kappa shape index (κ1) is 22.0. The zero-order valence-electron chi connectivity index (χ0n) is 17.8. The normalized spacial score (nSPS) is 11.9. The molecule has 3 aromatic heterocycles.